The Balaban J connectivity index is 1.69. The molecule has 0 aromatic heterocycles. The van der Waals surface area contributed by atoms with Crippen molar-refractivity contribution in [3.8, 4) is 0 Å². The van der Waals surface area contributed by atoms with Crippen LogP contribution in [0.5, 0.6) is 0 Å². The van der Waals surface area contributed by atoms with E-state index in [1.807, 2.05) is 0 Å². The molecule has 1 aliphatic rings. The molecule has 4 heteroatoms. The maximum atomic E-state index is 13.4. The molecule has 2 nitrogen and oxygen atoms in total. The molecular weight excluding hydrogens is 297 g/mol. The van der Waals surface area contributed by atoms with E-state index in [9.17, 15) is 4.39 Å². The molecule has 0 saturated carbocycles. The molecule has 1 unspecified atom stereocenters. The van der Waals surface area contributed by atoms with Gasteiger partial charge in [-0.05, 0) is 56.5 Å². The minimum absolute atomic E-state index is 0.197. The molecule has 0 radical (unpaired) electrons. The van der Waals surface area contributed by atoms with Gasteiger partial charge in [0, 0.05) is 16.6 Å². The normalized spacial score (nSPS) is 20.0. The Morgan fingerprint density at radius 3 is 3.11 bits per heavy atom. The molecule has 1 heterocycles. The predicted molar refractivity (Wildman–Crippen MR) is 74.0 cm³/mol. The minimum atomic E-state index is -0.197. The summed E-state index contributed by atoms with van der Waals surface area (Å²) in [6.07, 6.45) is 3.59. The van der Waals surface area contributed by atoms with Crippen molar-refractivity contribution in [1.82, 2.24) is 5.32 Å². The maximum absolute atomic E-state index is 13.4. The average molecular weight is 316 g/mol. The third kappa shape index (κ3) is 4.34. The van der Waals surface area contributed by atoms with Gasteiger partial charge in [0.1, 0.15) is 5.82 Å². The number of ether oxygens (including phenoxy) is 1. The molecule has 1 aliphatic heterocycles. The van der Waals surface area contributed by atoms with Crippen molar-refractivity contribution in [2.75, 3.05) is 19.7 Å². The van der Waals surface area contributed by atoms with Gasteiger partial charge >= 0.3 is 0 Å². The first kappa shape index (κ1) is 14.0. The van der Waals surface area contributed by atoms with Crippen molar-refractivity contribution in [2.24, 2.45) is 5.92 Å². The van der Waals surface area contributed by atoms with Gasteiger partial charge in [0.05, 0.1) is 6.61 Å². The van der Waals surface area contributed by atoms with Gasteiger partial charge in [0.15, 0.2) is 0 Å². The van der Waals surface area contributed by atoms with E-state index in [0.717, 1.165) is 24.0 Å². The van der Waals surface area contributed by atoms with E-state index >= 15 is 0 Å². The first-order valence-electron chi connectivity index (χ1n) is 6.48. The van der Waals surface area contributed by atoms with Crippen LogP contribution in [0.3, 0.4) is 0 Å². The lowest BCUT2D eigenvalue weighted by Gasteiger charge is -2.22. The van der Waals surface area contributed by atoms with Crippen LogP contribution in [0, 0.1) is 11.7 Å². The predicted octanol–water partition coefficient (Wildman–Crippen LogP) is 3.49. The van der Waals surface area contributed by atoms with Crippen molar-refractivity contribution in [3.05, 3.63) is 34.1 Å². The van der Waals surface area contributed by atoms with E-state index in [2.05, 4.69) is 21.2 Å². The summed E-state index contributed by atoms with van der Waals surface area (Å²) in [6, 6.07) is 4.94. The zero-order valence-electron chi connectivity index (χ0n) is 10.4. The molecule has 1 aromatic rings. The Labute approximate surface area is 116 Å². The lowest BCUT2D eigenvalue weighted by molar-refractivity contribution is 0.101. The van der Waals surface area contributed by atoms with E-state index in [-0.39, 0.29) is 5.82 Å². The van der Waals surface area contributed by atoms with Crippen LogP contribution in [0.25, 0.3) is 0 Å². The number of hydrogen-bond acceptors (Lipinski definition) is 2. The summed E-state index contributed by atoms with van der Waals surface area (Å²) in [5, 5.41) is 3.39. The summed E-state index contributed by atoms with van der Waals surface area (Å²) < 4.78 is 19.9. The fourth-order valence-electron chi connectivity index (χ4n) is 2.26. The lowest BCUT2D eigenvalue weighted by atomic mass is 9.97. The van der Waals surface area contributed by atoms with Crippen molar-refractivity contribution in [3.63, 3.8) is 0 Å². The van der Waals surface area contributed by atoms with Crippen molar-refractivity contribution < 1.29 is 9.13 Å². The van der Waals surface area contributed by atoms with E-state index in [0.29, 0.717) is 24.7 Å². The van der Waals surface area contributed by atoms with Crippen molar-refractivity contribution in [2.45, 2.75) is 25.9 Å². The van der Waals surface area contributed by atoms with Crippen LogP contribution in [0.2, 0.25) is 0 Å². The van der Waals surface area contributed by atoms with Crippen molar-refractivity contribution >= 4 is 15.9 Å². The smallest absolute Gasteiger partial charge is 0.128 e. The highest BCUT2D eigenvalue weighted by Crippen LogP contribution is 2.17. The summed E-state index contributed by atoms with van der Waals surface area (Å²) >= 11 is 3.34. The van der Waals surface area contributed by atoms with Crippen LogP contribution in [-0.2, 0) is 11.3 Å². The highest BCUT2D eigenvalue weighted by Gasteiger charge is 2.12. The van der Waals surface area contributed by atoms with Gasteiger partial charge in [-0.25, -0.2) is 4.39 Å². The van der Waals surface area contributed by atoms with Gasteiger partial charge in [-0.1, -0.05) is 15.9 Å². The number of nitrogens with one attached hydrogen (secondary N) is 1. The minimum Gasteiger partial charge on any atom is -0.377 e. The first-order valence-corrected chi connectivity index (χ1v) is 7.27. The number of hydrogen-bond donors (Lipinski definition) is 1. The van der Waals surface area contributed by atoms with Crippen LogP contribution in [0.1, 0.15) is 24.8 Å². The van der Waals surface area contributed by atoms with Crippen LogP contribution in [-0.4, -0.2) is 19.7 Å². The topological polar surface area (TPSA) is 21.3 Å². The summed E-state index contributed by atoms with van der Waals surface area (Å²) in [5.74, 6) is 0.517. The van der Waals surface area contributed by atoms with Crippen LogP contribution < -0.4 is 5.32 Å². The molecule has 0 aliphatic carbocycles. The van der Waals surface area contributed by atoms with E-state index in [1.54, 1.807) is 12.1 Å². The van der Waals surface area contributed by atoms with Crippen LogP contribution in [0.4, 0.5) is 4.39 Å². The number of piperidine rings is 1. The molecule has 1 saturated heterocycles. The highest BCUT2D eigenvalue weighted by atomic mass is 79.9. The summed E-state index contributed by atoms with van der Waals surface area (Å²) in [6.45, 7) is 3.29. The molecule has 1 fully saturated rings. The van der Waals surface area contributed by atoms with Gasteiger partial charge in [0.25, 0.3) is 0 Å². The Morgan fingerprint density at radius 2 is 2.33 bits per heavy atom. The average Bonchev–Trinajstić information content (AvgIpc) is 2.40. The third-order valence-corrected chi connectivity index (χ3v) is 3.83. The van der Waals surface area contributed by atoms with Gasteiger partial charge in [0.2, 0.25) is 0 Å². The van der Waals surface area contributed by atoms with Gasteiger partial charge in [-0.15, -0.1) is 0 Å². The first-order chi connectivity index (χ1) is 8.75. The quantitative estimate of drug-likeness (QED) is 0.840. The van der Waals surface area contributed by atoms with E-state index < -0.39 is 0 Å². The standard InChI is InChI=1S/C14H19BrFNO/c15-13-3-4-14(16)12(8-13)10-18-7-5-11-2-1-6-17-9-11/h3-4,8,11,17H,1-2,5-7,9-10H2. The largest absolute Gasteiger partial charge is 0.377 e. The second kappa shape index (κ2) is 7.22. The molecule has 2 rings (SSSR count). The number of benzene rings is 1. The van der Waals surface area contributed by atoms with Gasteiger partial charge in [-0.3, -0.25) is 0 Å². The van der Waals surface area contributed by atoms with Crippen LogP contribution >= 0.6 is 15.9 Å². The summed E-state index contributed by atoms with van der Waals surface area (Å²) in [7, 11) is 0. The molecule has 0 bridgehead atoms. The molecule has 0 spiro atoms. The zero-order chi connectivity index (χ0) is 12.8. The Bertz CT molecular complexity index is 380. The maximum Gasteiger partial charge on any atom is 0.128 e. The van der Waals surface area contributed by atoms with E-state index in [4.69, 9.17) is 4.74 Å². The molecular formula is C14H19BrFNO. The molecule has 0 amide bonds. The SMILES string of the molecule is Fc1ccc(Br)cc1COCCC1CCCNC1. The van der Waals surface area contributed by atoms with E-state index in [1.165, 1.54) is 18.9 Å². The third-order valence-electron chi connectivity index (χ3n) is 3.33. The van der Waals surface area contributed by atoms with Gasteiger partial charge < -0.3 is 10.1 Å². The van der Waals surface area contributed by atoms with Crippen molar-refractivity contribution in [1.29, 1.82) is 0 Å². The number of halogens is 2. The molecule has 1 aromatic carbocycles. The highest BCUT2D eigenvalue weighted by molar-refractivity contribution is 9.10. The molecule has 1 atom stereocenters. The second-order valence-electron chi connectivity index (χ2n) is 4.79. The Hall–Kier alpha value is -0.450. The molecule has 18 heavy (non-hydrogen) atoms. The fraction of sp³-hybridized carbons (Fsp3) is 0.571. The molecule has 100 valence electrons. The monoisotopic (exact) mass is 315 g/mol. The number of rotatable bonds is 5. The summed E-state index contributed by atoms with van der Waals surface area (Å²) in [4.78, 5) is 0. The fourth-order valence-corrected chi connectivity index (χ4v) is 2.66. The summed E-state index contributed by atoms with van der Waals surface area (Å²) in [5.41, 5.74) is 0.617. The van der Waals surface area contributed by atoms with Gasteiger partial charge in [-0.2, -0.15) is 0 Å². The second-order valence-corrected chi connectivity index (χ2v) is 5.71. The molecule has 1 N–H and O–H groups in total. The Kier molecular flexibility index (Phi) is 5.60. The van der Waals surface area contributed by atoms with Crippen LogP contribution in [0.15, 0.2) is 22.7 Å². The lowest BCUT2D eigenvalue weighted by Crippen LogP contribution is -2.30. The zero-order valence-corrected chi connectivity index (χ0v) is 12.0. The Morgan fingerprint density at radius 1 is 1.44 bits per heavy atom.